The maximum atomic E-state index is 11.3. The van der Waals surface area contributed by atoms with Gasteiger partial charge in [-0.15, -0.1) is 0 Å². The number of aryl methyl sites for hydroxylation is 1. The van der Waals surface area contributed by atoms with E-state index >= 15 is 0 Å². The van der Waals surface area contributed by atoms with Crippen LogP contribution in [0.25, 0.3) is 10.9 Å². The molecule has 0 amide bonds. The molecule has 0 saturated heterocycles. The van der Waals surface area contributed by atoms with Crippen LogP contribution in [0.3, 0.4) is 0 Å². The number of nitrogens with two attached hydrogens (primary N) is 1. The summed E-state index contributed by atoms with van der Waals surface area (Å²) in [6.07, 6.45) is 1.92. The van der Waals surface area contributed by atoms with Crippen molar-refractivity contribution in [3.05, 3.63) is 36.0 Å². The molecule has 0 spiro atoms. The van der Waals surface area contributed by atoms with Crippen molar-refractivity contribution in [1.82, 2.24) is 4.57 Å². The molecule has 2 rings (SSSR count). The first-order valence-corrected chi connectivity index (χ1v) is 5.88. The molecular formula is C14H18N2O2. The number of benzene rings is 1. The summed E-state index contributed by atoms with van der Waals surface area (Å²) in [7, 11) is 1.94. The summed E-state index contributed by atoms with van der Waals surface area (Å²) in [6, 6.07) is 7.33. The summed E-state index contributed by atoms with van der Waals surface area (Å²) in [5.41, 5.74) is 7.10. The lowest BCUT2D eigenvalue weighted by atomic mass is 9.81. The van der Waals surface area contributed by atoms with Gasteiger partial charge >= 0.3 is 5.97 Å². The molecule has 1 atom stereocenters. The highest BCUT2D eigenvalue weighted by Crippen LogP contribution is 2.35. The van der Waals surface area contributed by atoms with E-state index in [0.29, 0.717) is 0 Å². The van der Waals surface area contributed by atoms with Gasteiger partial charge in [0.15, 0.2) is 0 Å². The van der Waals surface area contributed by atoms with Gasteiger partial charge in [0.25, 0.3) is 0 Å². The van der Waals surface area contributed by atoms with E-state index in [-0.39, 0.29) is 0 Å². The third-order valence-corrected chi connectivity index (χ3v) is 3.59. The molecule has 4 heteroatoms. The minimum absolute atomic E-state index is 0.541. The number of aromatic nitrogens is 1. The van der Waals surface area contributed by atoms with Crippen molar-refractivity contribution in [3.63, 3.8) is 0 Å². The van der Waals surface area contributed by atoms with Gasteiger partial charge in [-0.1, -0.05) is 18.2 Å². The molecule has 0 radical (unpaired) electrons. The Balaban J connectivity index is 2.59. The maximum Gasteiger partial charge on any atom is 0.311 e. The molecule has 1 aromatic heterocycles. The molecular weight excluding hydrogens is 228 g/mol. The van der Waals surface area contributed by atoms with Crippen LogP contribution >= 0.6 is 0 Å². The molecule has 1 unspecified atom stereocenters. The van der Waals surface area contributed by atoms with Crippen molar-refractivity contribution < 1.29 is 9.90 Å². The number of para-hydroxylation sites is 1. The first-order chi connectivity index (χ1) is 8.35. The Morgan fingerprint density at radius 2 is 2.00 bits per heavy atom. The smallest absolute Gasteiger partial charge is 0.311 e. The summed E-state index contributed by atoms with van der Waals surface area (Å²) >= 11 is 0. The van der Waals surface area contributed by atoms with Crippen molar-refractivity contribution in [2.24, 2.45) is 18.2 Å². The quantitative estimate of drug-likeness (QED) is 0.873. The number of hydrogen-bond donors (Lipinski definition) is 2. The van der Waals surface area contributed by atoms with Gasteiger partial charge in [-0.3, -0.25) is 4.79 Å². The van der Waals surface area contributed by atoms with Crippen LogP contribution in [0, 0.1) is 5.41 Å². The monoisotopic (exact) mass is 246 g/mol. The average molecular weight is 246 g/mol. The Morgan fingerprint density at radius 3 is 2.61 bits per heavy atom. The van der Waals surface area contributed by atoms with E-state index in [1.54, 1.807) is 13.8 Å². The summed E-state index contributed by atoms with van der Waals surface area (Å²) < 4.78 is 1.97. The van der Waals surface area contributed by atoms with Gasteiger partial charge in [-0.25, -0.2) is 0 Å². The topological polar surface area (TPSA) is 68.2 Å². The van der Waals surface area contributed by atoms with Gasteiger partial charge < -0.3 is 15.4 Å². The predicted molar refractivity (Wildman–Crippen MR) is 71.3 cm³/mol. The van der Waals surface area contributed by atoms with E-state index in [2.05, 4.69) is 0 Å². The van der Waals surface area contributed by atoms with Crippen LogP contribution in [0.15, 0.2) is 30.5 Å². The number of hydrogen-bond acceptors (Lipinski definition) is 2. The van der Waals surface area contributed by atoms with Crippen LogP contribution in [0.2, 0.25) is 0 Å². The fraction of sp³-hybridized carbons (Fsp3) is 0.357. The maximum absolute atomic E-state index is 11.3. The van der Waals surface area contributed by atoms with Crippen LogP contribution in [0.5, 0.6) is 0 Å². The van der Waals surface area contributed by atoms with Crippen molar-refractivity contribution >= 4 is 16.9 Å². The second-order valence-corrected chi connectivity index (χ2v) is 5.22. The molecule has 18 heavy (non-hydrogen) atoms. The first-order valence-electron chi connectivity index (χ1n) is 5.88. The largest absolute Gasteiger partial charge is 0.481 e. The molecule has 0 fully saturated rings. The normalized spacial score (nSPS) is 13.8. The zero-order valence-electron chi connectivity index (χ0n) is 10.8. The molecule has 3 N–H and O–H groups in total. The molecule has 1 aromatic carbocycles. The third kappa shape index (κ3) is 1.78. The number of nitrogens with zero attached hydrogens (tertiary/aromatic N) is 1. The summed E-state index contributed by atoms with van der Waals surface area (Å²) in [6.45, 7) is 3.31. The minimum atomic E-state index is -0.996. The van der Waals surface area contributed by atoms with Gasteiger partial charge in [-0.2, -0.15) is 0 Å². The van der Waals surface area contributed by atoms with Gasteiger partial charge in [0.05, 0.1) is 5.41 Å². The number of aliphatic carboxylic acids is 1. The molecule has 0 saturated carbocycles. The molecule has 0 aliphatic rings. The lowest BCUT2D eigenvalue weighted by molar-refractivity contribution is -0.148. The average Bonchev–Trinajstić information content (AvgIpc) is 2.66. The molecule has 0 aliphatic heterocycles. The number of carbonyl (C=O) groups is 1. The fourth-order valence-electron chi connectivity index (χ4n) is 2.14. The van der Waals surface area contributed by atoms with Gasteiger partial charge in [0, 0.05) is 30.2 Å². The Labute approximate surface area is 106 Å². The van der Waals surface area contributed by atoms with E-state index in [4.69, 9.17) is 5.73 Å². The lowest BCUT2D eigenvalue weighted by Gasteiger charge is -2.26. The van der Waals surface area contributed by atoms with Crippen LogP contribution in [-0.2, 0) is 11.8 Å². The highest BCUT2D eigenvalue weighted by atomic mass is 16.4. The van der Waals surface area contributed by atoms with Crippen molar-refractivity contribution in [2.75, 3.05) is 0 Å². The summed E-state index contributed by atoms with van der Waals surface area (Å²) in [5, 5.41) is 10.3. The lowest BCUT2D eigenvalue weighted by Crippen LogP contribution is -2.36. The zero-order chi connectivity index (χ0) is 13.5. The highest BCUT2D eigenvalue weighted by Gasteiger charge is 2.36. The van der Waals surface area contributed by atoms with Crippen molar-refractivity contribution in [1.29, 1.82) is 0 Å². The Hall–Kier alpha value is -1.81. The molecule has 2 aromatic rings. The molecule has 0 aliphatic carbocycles. The van der Waals surface area contributed by atoms with Gasteiger partial charge in [0.2, 0.25) is 0 Å². The number of carboxylic acid groups (broad SMARTS) is 1. The van der Waals surface area contributed by atoms with Crippen LogP contribution in [0.1, 0.15) is 25.5 Å². The SMILES string of the molecule is Cn1cc(C(N)C(C)(C)C(=O)O)c2ccccc21. The highest BCUT2D eigenvalue weighted by molar-refractivity contribution is 5.86. The summed E-state index contributed by atoms with van der Waals surface area (Å²) in [4.78, 5) is 11.3. The number of rotatable bonds is 3. The zero-order valence-corrected chi connectivity index (χ0v) is 10.8. The van der Waals surface area contributed by atoms with E-state index < -0.39 is 17.4 Å². The Morgan fingerprint density at radius 1 is 1.39 bits per heavy atom. The predicted octanol–water partition coefficient (Wildman–Crippen LogP) is 2.29. The standard InChI is InChI=1S/C14H18N2O2/c1-14(2,13(17)18)12(15)10-8-16(3)11-7-5-4-6-9(10)11/h4-8,12H,15H2,1-3H3,(H,17,18). The number of fused-ring (bicyclic) bond motifs is 1. The number of carboxylic acids is 1. The van der Waals surface area contributed by atoms with Crippen molar-refractivity contribution in [3.8, 4) is 0 Å². The second kappa shape index (κ2) is 4.14. The first kappa shape index (κ1) is 12.6. The van der Waals surface area contributed by atoms with E-state index in [1.807, 2.05) is 42.1 Å². The van der Waals surface area contributed by atoms with Gasteiger partial charge in [0.1, 0.15) is 0 Å². The molecule has 96 valence electrons. The fourth-order valence-corrected chi connectivity index (χ4v) is 2.14. The van der Waals surface area contributed by atoms with Crippen LogP contribution < -0.4 is 5.73 Å². The van der Waals surface area contributed by atoms with Crippen LogP contribution in [0.4, 0.5) is 0 Å². The van der Waals surface area contributed by atoms with Gasteiger partial charge in [-0.05, 0) is 25.5 Å². The molecule has 0 bridgehead atoms. The Bertz CT molecular complexity index is 599. The molecule has 1 heterocycles. The van der Waals surface area contributed by atoms with E-state index in [9.17, 15) is 9.90 Å². The van der Waals surface area contributed by atoms with Crippen LogP contribution in [-0.4, -0.2) is 15.6 Å². The second-order valence-electron chi connectivity index (χ2n) is 5.22. The Kier molecular flexibility index (Phi) is 2.91. The van der Waals surface area contributed by atoms with E-state index in [1.165, 1.54) is 0 Å². The minimum Gasteiger partial charge on any atom is -0.481 e. The third-order valence-electron chi connectivity index (χ3n) is 3.59. The van der Waals surface area contributed by atoms with E-state index in [0.717, 1.165) is 16.5 Å². The molecule has 4 nitrogen and oxygen atoms in total. The van der Waals surface area contributed by atoms with Crippen molar-refractivity contribution in [2.45, 2.75) is 19.9 Å². The summed E-state index contributed by atoms with van der Waals surface area (Å²) in [5.74, 6) is -0.886.